The van der Waals surface area contributed by atoms with Crippen molar-refractivity contribution in [3.63, 3.8) is 0 Å². The summed E-state index contributed by atoms with van der Waals surface area (Å²) in [5, 5.41) is 0. The molecule has 0 radical (unpaired) electrons. The maximum atomic E-state index is 12.6. The molecule has 0 bridgehead atoms. The number of hydrogen-bond donors (Lipinski definition) is 0. The first kappa shape index (κ1) is 38.3. The van der Waals surface area contributed by atoms with Crippen molar-refractivity contribution < 1.29 is 42.8 Å². The zero-order valence-electron chi connectivity index (χ0n) is 29.2. The van der Waals surface area contributed by atoms with Gasteiger partial charge in [0.1, 0.15) is 17.2 Å². The molecule has 9 nitrogen and oxygen atoms in total. The molecule has 9 heteroatoms. The molecule has 0 saturated carbocycles. The highest BCUT2D eigenvalue weighted by molar-refractivity contribution is 5.76. The lowest BCUT2D eigenvalue weighted by Gasteiger charge is -2.11. The van der Waals surface area contributed by atoms with Crippen molar-refractivity contribution >= 4 is 17.9 Å². The van der Waals surface area contributed by atoms with Crippen LogP contribution in [0.1, 0.15) is 154 Å². The van der Waals surface area contributed by atoms with E-state index in [0.717, 1.165) is 116 Å². The van der Waals surface area contributed by atoms with E-state index in [0.29, 0.717) is 37.6 Å². The number of rotatable bonds is 30. The van der Waals surface area contributed by atoms with Crippen LogP contribution >= 0.6 is 0 Å². The van der Waals surface area contributed by atoms with Gasteiger partial charge >= 0.3 is 17.9 Å². The second kappa shape index (κ2) is 23.0. The summed E-state index contributed by atoms with van der Waals surface area (Å²) < 4.78 is 32.6. The van der Waals surface area contributed by atoms with Crippen molar-refractivity contribution in [3.05, 3.63) is 18.2 Å². The quantitative estimate of drug-likeness (QED) is 0.0342. The molecule has 1 aromatic rings. The fourth-order valence-corrected chi connectivity index (χ4v) is 6.02. The van der Waals surface area contributed by atoms with Gasteiger partial charge in [-0.2, -0.15) is 0 Å². The Bertz CT molecular complexity index is 932. The number of carbonyl (C=O) groups is 3. The third kappa shape index (κ3) is 19.5. The minimum atomic E-state index is -0.351. The monoisotopic (exact) mass is 672 g/mol. The van der Waals surface area contributed by atoms with Gasteiger partial charge in [-0.05, 0) is 38.5 Å². The third-order valence-corrected chi connectivity index (χ3v) is 9.23. The van der Waals surface area contributed by atoms with E-state index in [-0.39, 0.29) is 35.2 Å². The lowest BCUT2D eigenvalue weighted by molar-refractivity contribution is -0.135. The molecule has 0 aromatic heterocycles. The van der Waals surface area contributed by atoms with Gasteiger partial charge in [-0.3, -0.25) is 14.4 Å². The smallest absolute Gasteiger partial charge is 0.311 e. The molecule has 48 heavy (non-hydrogen) atoms. The van der Waals surface area contributed by atoms with Crippen molar-refractivity contribution in [1.82, 2.24) is 0 Å². The molecule has 3 unspecified atom stereocenters. The average molecular weight is 673 g/mol. The van der Waals surface area contributed by atoms with Crippen LogP contribution in [0.15, 0.2) is 18.2 Å². The highest BCUT2D eigenvalue weighted by atomic mass is 16.6. The molecule has 0 N–H and O–H groups in total. The van der Waals surface area contributed by atoms with E-state index in [9.17, 15) is 14.4 Å². The number of benzene rings is 1. The van der Waals surface area contributed by atoms with Crippen LogP contribution in [0.3, 0.4) is 0 Å². The fourth-order valence-electron chi connectivity index (χ4n) is 6.02. The Morgan fingerprint density at radius 2 is 0.646 bits per heavy atom. The molecule has 1 aromatic carbocycles. The zero-order chi connectivity index (χ0) is 33.7. The molecule has 3 aliphatic rings. The molecule has 0 spiro atoms. The normalized spacial score (nSPS) is 19.1. The van der Waals surface area contributed by atoms with Crippen LogP contribution in [0.2, 0.25) is 0 Å². The standard InChI is InChI=1S/C39H60O9/c40-37(22-16-10-4-1-7-13-19-31-28-43-31)46-34-25-35(47-38(41)23-17-11-5-2-8-14-20-32-29-44-32)27-36(26-34)48-39(42)24-18-12-6-3-9-15-21-33-30-45-33/h25-27,31-33H,1-24,28-30H2. The van der Waals surface area contributed by atoms with E-state index >= 15 is 0 Å². The fraction of sp³-hybridized carbons (Fsp3) is 0.769. The van der Waals surface area contributed by atoms with Gasteiger partial charge in [0, 0.05) is 37.5 Å². The molecule has 3 heterocycles. The number of unbranched alkanes of at least 4 members (excludes halogenated alkanes) is 15. The van der Waals surface area contributed by atoms with Crippen molar-refractivity contribution in [3.8, 4) is 17.2 Å². The first-order chi connectivity index (χ1) is 23.5. The Hall–Kier alpha value is -2.49. The van der Waals surface area contributed by atoms with E-state index in [1.807, 2.05) is 0 Å². The Kier molecular flexibility index (Phi) is 18.4. The van der Waals surface area contributed by atoms with Crippen molar-refractivity contribution in [2.45, 2.75) is 172 Å². The van der Waals surface area contributed by atoms with Gasteiger partial charge in [0.05, 0.1) is 38.1 Å². The van der Waals surface area contributed by atoms with Gasteiger partial charge in [0.25, 0.3) is 0 Å². The summed E-state index contributed by atoms with van der Waals surface area (Å²) in [5.41, 5.74) is 0. The Morgan fingerprint density at radius 1 is 0.417 bits per heavy atom. The first-order valence-corrected chi connectivity index (χ1v) is 19.2. The van der Waals surface area contributed by atoms with Gasteiger partial charge in [0.15, 0.2) is 0 Å². The van der Waals surface area contributed by atoms with E-state index in [4.69, 9.17) is 28.4 Å². The maximum Gasteiger partial charge on any atom is 0.311 e. The Morgan fingerprint density at radius 3 is 0.896 bits per heavy atom. The van der Waals surface area contributed by atoms with Crippen LogP contribution in [0.4, 0.5) is 0 Å². The highest BCUT2D eigenvalue weighted by Crippen LogP contribution is 2.30. The van der Waals surface area contributed by atoms with E-state index < -0.39 is 0 Å². The number of carbonyl (C=O) groups excluding carboxylic acids is 3. The van der Waals surface area contributed by atoms with Crippen LogP contribution in [-0.4, -0.2) is 56.0 Å². The largest absolute Gasteiger partial charge is 0.426 e. The SMILES string of the molecule is O=C(CCCCCCCCC1CO1)Oc1cc(OC(=O)CCCCCCCCC2CO2)cc(OC(=O)CCCCCCCCC2CO2)c1. The summed E-state index contributed by atoms with van der Waals surface area (Å²) >= 11 is 0. The van der Waals surface area contributed by atoms with Gasteiger partial charge in [0.2, 0.25) is 0 Å². The Balaban J connectivity index is 1.15. The van der Waals surface area contributed by atoms with E-state index in [2.05, 4.69) is 0 Å². The predicted molar refractivity (Wildman–Crippen MR) is 183 cm³/mol. The molecule has 3 atom stereocenters. The van der Waals surface area contributed by atoms with Gasteiger partial charge in [-0.25, -0.2) is 0 Å². The molecule has 3 aliphatic heterocycles. The summed E-state index contributed by atoms with van der Waals surface area (Å²) in [4.78, 5) is 37.9. The minimum Gasteiger partial charge on any atom is -0.426 e. The topological polar surface area (TPSA) is 116 Å². The summed E-state index contributed by atoms with van der Waals surface area (Å²) in [6.45, 7) is 2.77. The lowest BCUT2D eigenvalue weighted by atomic mass is 10.1. The number of epoxide rings is 3. The molecular weight excluding hydrogens is 612 g/mol. The van der Waals surface area contributed by atoms with Crippen LogP contribution < -0.4 is 14.2 Å². The zero-order valence-corrected chi connectivity index (χ0v) is 29.2. The molecular formula is C39H60O9. The third-order valence-electron chi connectivity index (χ3n) is 9.23. The molecule has 0 amide bonds. The van der Waals surface area contributed by atoms with E-state index in [1.165, 1.54) is 56.7 Å². The maximum absolute atomic E-state index is 12.6. The van der Waals surface area contributed by atoms with E-state index in [1.54, 1.807) is 0 Å². The van der Waals surface area contributed by atoms with Crippen LogP contribution in [-0.2, 0) is 28.6 Å². The minimum absolute atomic E-state index is 0.212. The van der Waals surface area contributed by atoms with Crippen molar-refractivity contribution in [2.75, 3.05) is 19.8 Å². The Labute approximate surface area is 288 Å². The van der Waals surface area contributed by atoms with Crippen LogP contribution in [0, 0.1) is 0 Å². The average Bonchev–Trinajstić information content (AvgIpc) is 3.88. The van der Waals surface area contributed by atoms with Crippen molar-refractivity contribution in [1.29, 1.82) is 0 Å². The van der Waals surface area contributed by atoms with Gasteiger partial charge in [-0.1, -0.05) is 96.3 Å². The number of esters is 3. The second-order valence-electron chi connectivity index (χ2n) is 13.9. The second-order valence-corrected chi connectivity index (χ2v) is 13.9. The molecule has 4 rings (SSSR count). The summed E-state index contributed by atoms with van der Waals surface area (Å²) in [6.07, 6.45) is 25.0. The van der Waals surface area contributed by atoms with Gasteiger partial charge < -0.3 is 28.4 Å². The number of hydrogen-bond acceptors (Lipinski definition) is 9. The highest BCUT2D eigenvalue weighted by Gasteiger charge is 2.22. The van der Waals surface area contributed by atoms with Crippen LogP contribution in [0.5, 0.6) is 17.2 Å². The molecule has 0 aliphatic carbocycles. The van der Waals surface area contributed by atoms with Gasteiger partial charge in [-0.15, -0.1) is 0 Å². The van der Waals surface area contributed by atoms with Crippen molar-refractivity contribution in [2.24, 2.45) is 0 Å². The summed E-state index contributed by atoms with van der Waals surface area (Å²) in [5.74, 6) is -0.418. The lowest BCUT2D eigenvalue weighted by Crippen LogP contribution is -2.11. The molecule has 270 valence electrons. The summed E-state index contributed by atoms with van der Waals surface area (Å²) in [6, 6.07) is 4.57. The van der Waals surface area contributed by atoms with Crippen LogP contribution in [0.25, 0.3) is 0 Å². The predicted octanol–water partition coefficient (Wildman–Crippen LogP) is 8.96. The molecule has 3 saturated heterocycles. The molecule has 3 fully saturated rings. The number of ether oxygens (including phenoxy) is 6. The summed E-state index contributed by atoms with van der Waals surface area (Å²) in [7, 11) is 0. The first-order valence-electron chi connectivity index (χ1n) is 19.2.